The molecule has 0 aliphatic rings. The highest BCUT2D eigenvalue weighted by molar-refractivity contribution is 7.14. The lowest BCUT2D eigenvalue weighted by Crippen LogP contribution is -2.39. The van der Waals surface area contributed by atoms with Gasteiger partial charge in [0.2, 0.25) is 5.91 Å². The van der Waals surface area contributed by atoms with Crippen LogP contribution in [0.1, 0.15) is 34.8 Å². The average Bonchev–Trinajstić information content (AvgIpc) is 2.87. The summed E-state index contributed by atoms with van der Waals surface area (Å²) in [5.41, 5.74) is 0. The molecule has 0 saturated heterocycles. The Hall–Kier alpha value is -1.20. The van der Waals surface area contributed by atoms with Crippen molar-refractivity contribution in [1.82, 2.24) is 10.2 Å². The molecular weight excluding hydrogens is 260 g/mol. The van der Waals surface area contributed by atoms with Gasteiger partial charge in [0.05, 0.1) is 18.0 Å². The molecule has 0 aliphatic carbocycles. The first kappa shape index (κ1) is 15.9. The SMILES string of the molecule is CCCN(CC(=O)NC)CC(=O)c1ccc(CC)s1. The van der Waals surface area contributed by atoms with Gasteiger partial charge in [-0.25, -0.2) is 0 Å². The Labute approximate surface area is 118 Å². The average molecular weight is 282 g/mol. The van der Waals surface area contributed by atoms with Crippen LogP contribution in [0.25, 0.3) is 0 Å². The number of amides is 1. The van der Waals surface area contributed by atoms with E-state index < -0.39 is 0 Å². The largest absolute Gasteiger partial charge is 0.358 e. The second kappa shape index (κ2) is 8.07. The summed E-state index contributed by atoms with van der Waals surface area (Å²) in [6.45, 7) is 5.47. The molecular formula is C14H22N2O2S. The van der Waals surface area contributed by atoms with E-state index in [0.29, 0.717) is 6.54 Å². The number of ketones is 1. The minimum atomic E-state index is -0.0540. The van der Waals surface area contributed by atoms with Crippen LogP contribution >= 0.6 is 11.3 Å². The second-order valence-corrected chi connectivity index (χ2v) is 5.59. The van der Waals surface area contributed by atoms with Crippen LogP contribution in [0.2, 0.25) is 0 Å². The van der Waals surface area contributed by atoms with Crippen LogP contribution in [-0.2, 0) is 11.2 Å². The Morgan fingerprint density at radius 1 is 1.26 bits per heavy atom. The molecule has 106 valence electrons. The van der Waals surface area contributed by atoms with Crippen LogP contribution in [0, 0.1) is 0 Å². The van der Waals surface area contributed by atoms with Gasteiger partial charge in [-0.15, -0.1) is 11.3 Å². The number of hydrogen-bond donors (Lipinski definition) is 1. The third kappa shape index (κ3) is 5.12. The Balaban J connectivity index is 2.62. The number of carbonyl (C=O) groups excluding carboxylic acids is 2. The summed E-state index contributed by atoms with van der Waals surface area (Å²) in [6.07, 6.45) is 1.88. The van der Waals surface area contributed by atoms with Gasteiger partial charge in [0.15, 0.2) is 5.78 Å². The van der Waals surface area contributed by atoms with E-state index in [2.05, 4.69) is 12.2 Å². The van der Waals surface area contributed by atoms with E-state index in [9.17, 15) is 9.59 Å². The van der Waals surface area contributed by atoms with Crippen molar-refractivity contribution in [2.75, 3.05) is 26.7 Å². The summed E-state index contributed by atoms with van der Waals surface area (Å²) in [4.78, 5) is 27.5. The maximum atomic E-state index is 12.2. The highest BCUT2D eigenvalue weighted by Gasteiger charge is 2.15. The Morgan fingerprint density at radius 3 is 2.53 bits per heavy atom. The highest BCUT2D eigenvalue weighted by Crippen LogP contribution is 2.17. The molecule has 0 fully saturated rings. The first-order valence-electron chi connectivity index (χ1n) is 6.65. The fraction of sp³-hybridized carbons (Fsp3) is 0.571. The number of Topliss-reactive ketones (excluding diaryl/α,β-unsaturated/α-hetero) is 1. The van der Waals surface area contributed by atoms with Crippen molar-refractivity contribution in [2.45, 2.75) is 26.7 Å². The zero-order valence-electron chi connectivity index (χ0n) is 11.9. The van der Waals surface area contributed by atoms with Gasteiger partial charge < -0.3 is 5.32 Å². The second-order valence-electron chi connectivity index (χ2n) is 4.43. The Morgan fingerprint density at radius 2 is 2.00 bits per heavy atom. The molecule has 5 heteroatoms. The lowest BCUT2D eigenvalue weighted by Gasteiger charge is -2.19. The molecule has 0 saturated carbocycles. The molecule has 0 aliphatic heterocycles. The monoisotopic (exact) mass is 282 g/mol. The smallest absolute Gasteiger partial charge is 0.233 e. The van der Waals surface area contributed by atoms with Gasteiger partial charge in [-0.1, -0.05) is 13.8 Å². The third-order valence-corrected chi connectivity index (χ3v) is 4.11. The van der Waals surface area contributed by atoms with Crippen molar-refractivity contribution < 1.29 is 9.59 Å². The topological polar surface area (TPSA) is 49.4 Å². The van der Waals surface area contributed by atoms with Crippen molar-refractivity contribution in [3.8, 4) is 0 Å². The van der Waals surface area contributed by atoms with E-state index in [4.69, 9.17) is 0 Å². The minimum absolute atomic E-state index is 0.0540. The van der Waals surface area contributed by atoms with Gasteiger partial charge in [-0.3, -0.25) is 14.5 Å². The number of thiophene rings is 1. The third-order valence-electron chi connectivity index (χ3n) is 2.84. The molecule has 1 aromatic heterocycles. The normalized spacial score (nSPS) is 10.7. The molecule has 1 N–H and O–H groups in total. The van der Waals surface area contributed by atoms with Crippen molar-refractivity contribution in [1.29, 1.82) is 0 Å². The van der Waals surface area contributed by atoms with E-state index in [1.807, 2.05) is 24.0 Å². The maximum Gasteiger partial charge on any atom is 0.233 e. The predicted octanol–water partition coefficient (Wildman–Crippen LogP) is 1.95. The van der Waals surface area contributed by atoms with Crippen molar-refractivity contribution in [3.63, 3.8) is 0 Å². The summed E-state index contributed by atoms with van der Waals surface area (Å²) >= 11 is 1.55. The minimum Gasteiger partial charge on any atom is -0.358 e. The van der Waals surface area contributed by atoms with Gasteiger partial charge >= 0.3 is 0 Å². The molecule has 0 aromatic carbocycles. The first-order chi connectivity index (χ1) is 9.10. The van der Waals surface area contributed by atoms with Crippen LogP contribution in [0.4, 0.5) is 0 Å². The number of rotatable bonds is 8. The number of nitrogens with one attached hydrogen (secondary N) is 1. The number of likely N-dealkylation sites (N-methyl/N-ethyl adjacent to an activating group) is 1. The van der Waals surface area contributed by atoms with Crippen LogP contribution < -0.4 is 5.32 Å². The van der Waals surface area contributed by atoms with E-state index in [-0.39, 0.29) is 18.2 Å². The van der Waals surface area contributed by atoms with Gasteiger partial charge in [-0.2, -0.15) is 0 Å². The predicted molar refractivity (Wildman–Crippen MR) is 78.8 cm³/mol. The fourth-order valence-electron chi connectivity index (χ4n) is 1.81. The van der Waals surface area contributed by atoms with Gasteiger partial charge in [-0.05, 0) is 31.5 Å². The van der Waals surface area contributed by atoms with Crippen molar-refractivity contribution in [3.05, 3.63) is 21.9 Å². The molecule has 0 radical (unpaired) electrons. The van der Waals surface area contributed by atoms with Crippen molar-refractivity contribution in [2.24, 2.45) is 0 Å². The molecule has 1 rings (SSSR count). The highest BCUT2D eigenvalue weighted by atomic mass is 32.1. The molecule has 19 heavy (non-hydrogen) atoms. The number of aryl methyl sites for hydroxylation is 1. The van der Waals surface area contributed by atoms with Crippen LogP contribution in [0.3, 0.4) is 0 Å². The van der Waals surface area contributed by atoms with Gasteiger partial charge in [0.1, 0.15) is 0 Å². The Kier molecular flexibility index (Phi) is 6.73. The van der Waals surface area contributed by atoms with E-state index in [1.54, 1.807) is 18.4 Å². The summed E-state index contributed by atoms with van der Waals surface area (Å²) in [5.74, 6) is 0.0451. The van der Waals surface area contributed by atoms with E-state index >= 15 is 0 Å². The number of carbonyl (C=O) groups is 2. The lowest BCUT2D eigenvalue weighted by molar-refractivity contribution is -0.121. The summed E-state index contributed by atoms with van der Waals surface area (Å²) < 4.78 is 0. The number of hydrogen-bond acceptors (Lipinski definition) is 4. The van der Waals surface area contributed by atoms with Gasteiger partial charge in [0.25, 0.3) is 0 Å². The number of nitrogens with zero attached hydrogens (tertiary/aromatic N) is 1. The standard InChI is InChI=1S/C14H22N2O2S/c1-4-8-16(10-14(18)15-3)9-12(17)13-7-6-11(5-2)19-13/h6-7H,4-5,8-10H2,1-3H3,(H,15,18). The van der Waals surface area contributed by atoms with Crippen LogP contribution in [0.15, 0.2) is 12.1 Å². The molecule has 0 atom stereocenters. The summed E-state index contributed by atoms with van der Waals surface area (Å²) in [5, 5.41) is 2.59. The zero-order valence-corrected chi connectivity index (χ0v) is 12.7. The summed E-state index contributed by atoms with van der Waals surface area (Å²) in [6, 6.07) is 3.89. The maximum absolute atomic E-state index is 12.2. The molecule has 0 spiro atoms. The molecule has 4 nitrogen and oxygen atoms in total. The molecule has 1 heterocycles. The Bertz CT molecular complexity index is 429. The van der Waals surface area contributed by atoms with E-state index in [0.717, 1.165) is 24.3 Å². The lowest BCUT2D eigenvalue weighted by atomic mass is 10.2. The van der Waals surface area contributed by atoms with Crippen LogP contribution in [0.5, 0.6) is 0 Å². The summed E-state index contributed by atoms with van der Waals surface area (Å²) in [7, 11) is 1.61. The fourth-order valence-corrected chi connectivity index (χ4v) is 2.69. The molecule has 0 bridgehead atoms. The molecule has 0 unspecified atom stereocenters. The van der Waals surface area contributed by atoms with Crippen LogP contribution in [-0.4, -0.2) is 43.3 Å². The first-order valence-corrected chi connectivity index (χ1v) is 7.47. The molecule has 1 amide bonds. The van der Waals surface area contributed by atoms with E-state index in [1.165, 1.54) is 4.88 Å². The molecule has 1 aromatic rings. The van der Waals surface area contributed by atoms with Crippen molar-refractivity contribution >= 4 is 23.0 Å². The van der Waals surface area contributed by atoms with Gasteiger partial charge in [0, 0.05) is 11.9 Å². The quantitative estimate of drug-likeness (QED) is 0.741. The zero-order chi connectivity index (χ0) is 14.3.